The fraction of sp³-hybridized carbons (Fsp3) is 0.167. The van der Waals surface area contributed by atoms with Gasteiger partial charge in [-0.3, -0.25) is 4.79 Å². The van der Waals surface area contributed by atoms with Crippen molar-refractivity contribution in [3.05, 3.63) is 40.9 Å². The van der Waals surface area contributed by atoms with E-state index < -0.39 is 12.0 Å². The summed E-state index contributed by atoms with van der Waals surface area (Å²) in [5.74, 6) is -1.06. The summed E-state index contributed by atoms with van der Waals surface area (Å²) in [5.41, 5.74) is 8.04. The first-order valence-corrected chi connectivity index (χ1v) is 5.97. The van der Waals surface area contributed by atoms with E-state index in [-0.39, 0.29) is 0 Å². The number of hydrogen-bond acceptors (Lipinski definition) is 4. The van der Waals surface area contributed by atoms with Gasteiger partial charge in [-0.1, -0.05) is 24.3 Å². The lowest BCUT2D eigenvalue weighted by molar-refractivity contribution is -0.138. The topological polar surface area (TPSA) is 76.2 Å². The number of hydrogen-bond donors (Lipinski definition) is 2. The van der Waals surface area contributed by atoms with Crippen LogP contribution in [0.25, 0.3) is 10.6 Å². The Morgan fingerprint density at radius 3 is 2.82 bits per heavy atom. The molecule has 1 unspecified atom stereocenters. The van der Waals surface area contributed by atoms with E-state index in [9.17, 15) is 4.79 Å². The van der Waals surface area contributed by atoms with Crippen molar-refractivity contribution in [3.8, 4) is 10.6 Å². The van der Waals surface area contributed by atoms with Crippen molar-refractivity contribution in [2.45, 2.75) is 13.0 Å². The number of carboxylic acid groups (broad SMARTS) is 1. The standard InChI is InChI=1S/C12H12N2O2S/c1-7-4-2-3-5-8(7)11-14-9(6-17-11)10(13)12(15)16/h2-6,10H,13H2,1H3,(H,15,16). The average molecular weight is 248 g/mol. The minimum atomic E-state index is -1.06. The lowest BCUT2D eigenvalue weighted by atomic mass is 10.1. The molecule has 0 saturated carbocycles. The number of aliphatic carboxylic acids is 1. The molecule has 4 nitrogen and oxygen atoms in total. The predicted octanol–water partition coefficient (Wildman–Crippen LogP) is 2.20. The van der Waals surface area contributed by atoms with Crippen LogP contribution in [-0.4, -0.2) is 16.1 Å². The van der Waals surface area contributed by atoms with Gasteiger partial charge in [0.05, 0.1) is 5.69 Å². The van der Waals surface area contributed by atoms with E-state index in [1.54, 1.807) is 5.38 Å². The minimum absolute atomic E-state index is 0.403. The van der Waals surface area contributed by atoms with E-state index in [4.69, 9.17) is 10.8 Å². The highest BCUT2D eigenvalue weighted by molar-refractivity contribution is 7.13. The van der Waals surface area contributed by atoms with E-state index in [1.165, 1.54) is 11.3 Å². The Balaban J connectivity index is 2.37. The summed E-state index contributed by atoms with van der Waals surface area (Å²) in [6.07, 6.45) is 0. The summed E-state index contributed by atoms with van der Waals surface area (Å²) >= 11 is 1.41. The molecule has 0 fully saturated rings. The number of aryl methyl sites for hydroxylation is 1. The Bertz CT molecular complexity index is 551. The summed E-state index contributed by atoms with van der Waals surface area (Å²) in [6, 6.07) is 6.79. The van der Waals surface area contributed by atoms with Crippen LogP contribution in [0.2, 0.25) is 0 Å². The van der Waals surface area contributed by atoms with Gasteiger partial charge in [-0.05, 0) is 12.5 Å². The van der Waals surface area contributed by atoms with Crippen LogP contribution in [-0.2, 0) is 4.79 Å². The van der Waals surface area contributed by atoms with Gasteiger partial charge < -0.3 is 10.8 Å². The number of nitrogens with two attached hydrogens (primary N) is 1. The van der Waals surface area contributed by atoms with Gasteiger partial charge in [-0.25, -0.2) is 4.98 Å². The number of benzene rings is 1. The van der Waals surface area contributed by atoms with E-state index in [0.717, 1.165) is 16.1 Å². The van der Waals surface area contributed by atoms with Gasteiger partial charge in [0.25, 0.3) is 0 Å². The number of aromatic nitrogens is 1. The summed E-state index contributed by atoms with van der Waals surface area (Å²) in [7, 11) is 0. The van der Waals surface area contributed by atoms with Crippen LogP contribution in [0.15, 0.2) is 29.6 Å². The number of rotatable bonds is 3. The highest BCUT2D eigenvalue weighted by Gasteiger charge is 2.18. The van der Waals surface area contributed by atoms with Crippen molar-refractivity contribution in [2.75, 3.05) is 0 Å². The maximum Gasteiger partial charge on any atom is 0.326 e. The molecule has 0 aliphatic rings. The van der Waals surface area contributed by atoms with Crippen LogP contribution in [0.5, 0.6) is 0 Å². The third-order valence-corrected chi connectivity index (χ3v) is 3.38. The highest BCUT2D eigenvalue weighted by Crippen LogP contribution is 2.28. The van der Waals surface area contributed by atoms with Crippen LogP contribution in [0.4, 0.5) is 0 Å². The van der Waals surface area contributed by atoms with Crippen LogP contribution in [0.1, 0.15) is 17.3 Å². The fourth-order valence-corrected chi connectivity index (χ4v) is 2.44. The maximum absolute atomic E-state index is 10.8. The molecular formula is C12H12N2O2S. The third kappa shape index (κ3) is 2.35. The molecule has 0 spiro atoms. The van der Waals surface area contributed by atoms with Crippen LogP contribution < -0.4 is 5.73 Å². The normalized spacial score (nSPS) is 12.4. The summed E-state index contributed by atoms with van der Waals surface area (Å²) < 4.78 is 0. The summed E-state index contributed by atoms with van der Waals surface area (Å²) in [5, 5.41) is 11.3. The number of thiazole rings is 1. The molecule has 2 aromatic rings. The SMILES string of the molecule is Cc1ccccc1-c1nc(C(N)C(=O)O)cs1. The third-order valence-electron chi connectivity index (χ3n) is 2.48. The molecular weight excluding hydrogens is 236 g/mol. The number of carbonyl (C=O) groups is 1. The van der Waals surface area contributed by atoms with Crippen molar-refractivity contribution in [1.82, 2.24) is 4.98 Å². The lowest BCUT2D eigenvalue weighted by Crippen LogP contribution is -2.20. The first kappa shape index (κ1) is 11.8. The van der Waals surface area contributed by atoms with Gasteiger partial charge in [0.15, 0.2) is 0 Å². The molecule has 1 atom stereocenters. The van der Waals surface area contributed by atoms with Crippen molar-refractivity contribution in [2.24, 2.45) is 5.73 Å². The molecule has 0 bridgehead atoms. The van der Waals surface area contributed by atoms with Crippen LogP contribution in [0.3, 0.4) is 0 Å². The molecule has 0 saturated heterocycles. The lowest BCUT2D eigenvalue weighted by Gasteiger charge is -2.02. The molecule has 0 radical (unpaired) electrons. The van der Waals surface area contributed by atoms with E-state index in [2.05, 4.69) is 4.98 Å². The zero-order chi connectivity index (χ0) is 12.4. The van der Waals surface area contributed by atoms with Crippen molar-refractivity contribution in [3.63, 3.8) is 0 Å². The molecule has 5 heteroatoms. The summed E-state index contributed by atoms with van der Waals surface area (Å²) in [6.45, 7) is 1.99. The van der Waals surface area contributed by atoms with E-state index >= 15 is 0 Å². The Kier molecular flexibility index (Phi) is 3.21. The monoisotopic (exact) mass is 248 g/mol. The average Bonchev–Trinajstić information content (AvgIpc) is 2.77. The van der Waals surface area contributed by atoms with E-state index in [0.29, 0.717) is 5.69 Å². The predicted molar refractivity (Wildman–Crippen MR) is 66.9 cm³/mol. The Hall–Kier alpha value is -1.72. The molecule has 1 aromatic heterocycles. The highest BCUT2D eigenvalue weighted by atomic mass is 32.1. The Labute approximate surface area is 103 Å². The molecule has 88 valence electrons. The van der Waals surface area contributed by atoms with Gasteiger partial charge in [0.1, 0.15) is 11.0 Å². The smallest absolute Gasteiger partial charge is 0.326 e. The largest absolute Gasteiger partial charge is 0.480 e. The molecule has 1 aromatic carbocycles. The second-order valence-electron chi connectivity index (χ2n) is 3.71. The van der Waals surface area contributed by atoms with Gasteiger partial charge in [0, 0.05) is 10.9 Å². The summed E-state index contributed by atoms with van der Waals surface area (Å²) in [4.78, 5) is 15.0. The first-order chi connectivity index (χ1) is 8.09. The molecule has 1 heterocycles. The Morgan fingerprint density at radius 1 is 1.47 bits per heavy atom. The van der Waals surface area contributed by atoms with Crippen molar-refractivity contribution >= 4 is 17.3 Å². The van der Waals surface area contributed by atoms with Crippen molar-refractivity contribution in [1.29, 1.82) is 0 Å². The molecule has 17 heavy (non-hydrogen) atoms. The molecule has 0 aliphatic heterocycles. The van der Waals surface area contributed by atoms with Gasteiger partial charge >= 0.3 is 5.97 Å². The van der Waals surface area contributed by atoms with Crippen LogP contribution >= 0.6 is 11.3 Å². The quantitative estimate of drug-likeness (QED) is 0.873. The molecule has 0 amide bonds. The second-order valence-corrected chi connectivity index (χ2v) is 4.57. The number of nitrogens with zero attached hydrogens (tertiary/aromatic N) is 1. The zero-order valence-electron chi connectivity index (χ0n) is 9.25. The van der Waals surface area contributed by atoms with Gasteiger partial charge in [0.2, 0.25) is 0 Å². The zero-order valence-corrected chi connectivity index (χ0v) is 10.1. The first-order valence-electron chi connectivity index (χ1n) is 5.09. The maximum atomic E-state index is 10.8. The molecule has 2 rings (SSSR count). The molecule has 3 N–H and O–H groups in total. The fourth-order valence-electron chi connectivity index (χ4n) is 1.49. The van der Waals surface area contributed by atoms with Gasteiger partial charge in [-0.15, -0.1) is 11.3 Å². The van der Waals surface area contributed by atoms with Crippen LogP contribution in [0, 0.1) is 6.92 Å². The van der Waals surface area contributed by atoms with E-state index in [1.807, 2.05) is 31.2 Å². The Morgan fingerprint density at radius 2 is 2.18 bits per heavy atom. The second kappa shape index (κ2) is 4.65. The minimum Gasteiger partial charge on any atom is -0.480 e. The molecule has 0 aliphatic carbocycles. The van der Waals surface area contributed by atoms with Gasteiger partial charge in [-0.2, -0.15) is 0 Å². The number of carboxylic acids is 1. The van der Waals surface area contributed by atoms with Crippen molar-refractivity contribution < 1.29 is 9.90 Å².